The van der Waals surface area contributed by atoms with Crippen molar-refractivity contribution in [2.24, 2.45) is 0 Å². The van der Waals surface area contributed by atoms with Gasteiger partial charge in [-0.05, 0) is 19.9 Å². The van der Waals surface area contributed by atoms with Gasteiger partial charge in [0, 0.05) is 4.92 Å². The summed E-state index contributed by atoms with van der Waals surface area (Å²) in [7, 11) is 0. The smallest absolute Gasteiger partial charge is 0.222 e. The largest absolute Gasteiger partial charge is 0.300 e. The number of rotatable bonds is 3. The molecular formula is C8H13NO3. The van der Waals surface area contributed by atoms with E-state index in [1.807, 2.05) is 0 Å². The molecule has 68 valence electrons. The zero-order valence-corrected chi connectivity index (χ0v) is 7.32. The van der Waals surface area contributed by atoms with Crippen LogP contribution in [0.3, 0.4) is 0 Å². The molecular weight excluding hydrogens is 158 g/mol. The number of allylic oxidation sites excluding steroid dienone is 2. The summed E-state index contributed by atoms with van der Waals surface area (Å²) in [5.74, 6) is 0.167. The molecule has 0 N–H and O–H groups in total. The van der Waals surface area contributed by atoms with Gasteiger partial charge >= 0.3 is 0 Å². The lowest BCUT2D eigenvalue weighted by Gasteiger charge is -1.78. The van der Waals surface area contributed by atoms with E-state index in [4.69, 9.17) is 0 Å². The van der Waals surface area contributed by atoms with E-state index in [-0.39, 0.29) is 12.3 Å². The van der Waals surface area contributed by atoms with Gasteiger partial charge in [0.2, 0.25) is 6.54 Å². The van der Waals surface area contributed by atoms with Crippen LogP contribution in [0.1, 0.15) is 13.8 Å². The average molecular weight is 171 g/mol. The maximum atomic E-state index is 9.59. The lowest BCUT2D eigenvalue weighted by atomic mass is 10.5. The Bertz CT molecular complexity index is 181. The average Bonchev–Trinajstić information content (AvgIpc) is 1.86. The number of carbonyl (C=O) groups is 1. The fourth-order valence-corrected chi connectivity index (χ4v) is 0.243. The zero-order valence-electron chi connectivity index (χ0n) is 7.32. The first-order valence-corrected chi connectivity index (χ1v) is 3.37. The first-order valence-electron chi connectivity index (χ1n) is 3.37. The molecule has 0 heterocycles. The van der Waals surface area contributed by atoms with Crippen molar-refractivity contribution in [3.05, 3.63) is 34.9 Å². The lowest BCUT2D eigenvalue weighted by Crippen LogP contribution is -1.94. The second kappa shape index (κ2) is 9.55. The molecule has 0 saturated heterocycles. The molecule has 0 aliphatic carbocycles. The summed E-state index contributed by atoms with van der Waals surface area (Å²) in [6.45, 7) is 6.28. The van der Waals surface area contributed by atoms with E-state index in [0.29, 0.717) is 0 Å². The standard InChI is InChI=1S/C5H7NO2.C3H6O/c1-2-3-4-5-6(7)8;1-3(2)4/h2-4H,1,5H2;1-2H3/b4-3+;. The van der Waals surface area contributed by atoms with Crippen LogP contribution in [0.25, 0.3) is 0 Å². The molecule has 0 aromatic heterocycles. The number of nitro groups is 1. The summed E-state index contributed by atoms with van der Waals surface area (Å²) < 4.78 is 0. The maximum absolute atomic E-state index is 9.59. The first-order chi connectivity index (χ1) is 5.50. The van der Waals surface area contributed by atoms with E-state index < -0.39 is 4.92 Å². The highest BCUT2D eigenvalue weighted by Crippen LogP contribution is 1.73. The van der Waals surface area contributed by atoms with E-state index in [2.05, 4.69) is 6.58 Å². The molecule has 0 unspecified atom stereocenters. The molecule has 0 radical (unpaired) electrons. The van der Waals surface area contributed by atoms with Crippen molar-refractivity contribution in [3.8, 4) is 0 Å². The Kier molecular flexibility index (Phi) is 10.5. The maximum Gasteiger partial charge on any atom is 0.222 e. The summed E-state index contributed by atoms with van der Waals surface area (Å²) in [5.41, 5.74) is 0. The Morgan fingerprint density at radius 2 is 2.00 bits per heavy atom. The van der Waals surface area contributed by atoms with Crippen molar-refractivity contribution >= 4 is 5.78 Å². The molecule has 4 heteroatoms. The number of carbonyl (C=O) groups excluding carboxylic acids is 1. The predicted molar refractivity (Wildman–Crippen MR) is 47.6 cm³/mol. The first kappa shape index (κ1) is 13.2. The summed E-state index contributed by atoms with van der Waals surface area (Å²) >= 11 is 0. The molecule has 0 aliphatic heterocycles. The van der Waals surface area contributed by atoms with Crippen LogP contribution in [0.4, 0.5) is 0 Å². The molecule has 0 aliphatic rings. The topological polar surface area (TPSA) is 60.2 Å². The summed E-state index contributed by atoms with van der Waals surface area (Å²) in [5, 5.41) is 9.59. The number of hydrogen-bond donors (Lipinski definition) is 0. The molecule has 0 fully saturated rings. The highest BCUT2D eigenvalue weighted by molar-refractivity contribution is 5.72. The lowest BCUT2D eigenvalue weighted by molar-refractivity contribution is -0.468. The van der Waals surface area contributed by atoms with Crippen molar-refractivity contribution in [1.82, 2.24) is 0 Å². The van der Waals surface area contributed by atoms with Crippen molar-refractivity contribution in [1.29, 1.82) is 0 Å². The summed E-state index contributed by atoms with van der Waals surface area (Å²) in [6, 6.07) is 0. The molecule has 12 heavy (non-hydrogen) atoms. The highest BCUT2D eigenvalue weighted by Gasteiger charge is 1.83. The van der Waals surface area contributed by atoms with Crippen LogP contribution in [-0.4, -0.2) is 17.3 Å². The van der Waals surface area contributed by atoms with Gasteiger partial charge in [0.15, 0.2) is 0 Å². The third-order valence-corrected chi connectivity index (χ3v) is 0.527. The van der Waals surface area contributed by atoms with Crippen molar-refractivity contribution in [3.63, 3.8) is 0 Å². The second-order valence-electron chi connectivity index (χ2n) is 2.09. The Hall–Kier alpha value is -1.45. The van der Waals surface area contributed by atoms with Gasteiger partial charge < -0.3 is 4.79 Å². The van der Waals surface area contributed by atoms with Crippen LogP contribution >= 0.6 is 0 Å². The molecule has 4 nitrogen and oxygen atoms in total. The minimum absolute atomic E-state index is 0.119. The SMILES string of the molecule is C=C/C=C/C[N+](=O)[O-].CC(C)=O. The monoisotopic (exact) mass is 171 g/mol. The van der Waals surface area contributed by atoms with E-state index in [0.717, 1.165) is 0 Å². The van der Waals surface area contributed by atoms with E-state index in [1.165, 1.54) is 26.0 Å². The van der Waals surface area contributed by atoms with Gasteiger partial charge in [-0.15, -0.1) is 0 Å². The van der Waals surface area contributed by atoms with Crippen molar-refractivity contribution in [2.75, 3.05) is 6.54 Å². The predicted octanol–water partition coefficient (Wildman–Crippen LogP) is 1.60. The Morgan fingerprint density at radius 1 is 1.58 bits per heavy atom. The van der Waals surface area contributed by atoms with Gasteiger partial charge in [0.1, 0.15) is 5.78 Å². The van der Waals surface area contributed by atoms with Crippen molar-refractivity contribution in [2.45, 2.75) is 13.8 Å². The Morgan fingerprint density at radius 3 is 2.25 bits per heavy atom. The van der Waals surface area contributed by atoms with Crippen LogP contribution in [0, 0.1) is 10.1 Å². The van der Waals surface area contributed by atoms with Gasteiger partial charge in [-0.2, -0.15) is 0 Å². The molecule has 0 bridgehead atoms. The zero-order chi connectivity index (χ0) is 9.98. The number of Topliss-reactive ketones (excluding diaryl/α,β-unsaturated/α-hetero) is 1. The fraction of sp³-hybridized carbons (Fsp3) is 0.375. The van der Waals surface area contributed by atoms with Crippen LogP contribution in [0.5, 0.6) is 0 Å². The van der Waals surface area contributed by atoms with Gasteiger partial charge in [-0.25, -0.2) is 0 Å². The molecule has 0 aromatic rings. The van der Waals surface area contributed by atoms with Crippen LogP contribution in [0.15, 0.2) is 24.8 Å². The van der Waals surface area contributed by atoms with Crippen LogP contribution < -0.4 is 0 Å². The number of hydrogen-bond acceptors (Lipinski definition) is 3. The molecule has 0 rings (SSSR count). The molecule has 0 saturated carbocycles. The minimum atomic E-state index is -0.403. The second-order valence-corrected chi connectivity index (χ2v) is 2.09. The third kappa shape index (κ3) is 38.7. The van der Waals surface area contributed by atoms with Gasteiger partial charge in [0.25, 0.3) is 0 Å². The quantitative estimate of drug-likeness (QED) is 0.368. The summed E-state index contributed by atoms with van der Waals surface area (Å²) in [4.78, 5) is 18.6. The fourth-order valence-electron chi connectivity index (χ4n) is 0.243. The molecule has 0 aromatic carbocycles. The highest BCUT2D eigenvalue weighted by atomic mass is 16.6. The molecule has 0 atom stereocenters. The normalized spacial score (nSPS) is 8.50. The van der Waals surface area contributed by atoms with E-state index in [1.54, 1.807) is 6.08 Å². The Balaban J connectivity index is 0. The molecule has 0 spiro atoms. The van der Waals surface area contributed by atoms with Gasteiger partial charge in [-0.3, -0.25) is 10.1 Å². The van der Waals surface area contributed by atoms with Crippen LogP contribution in [0.2, 0.25) is 0 Å². The van der Waals surface area contributed by atoms with Gasteiger partial charge in [0.05, 0.1) is 0 Å². The van der Waals surface area contributed by atoms with Gasteiger partial charge in [-0.1, -0.05) is 18.7 Å². The summed E-state index contributed by atoms with van der Waals surface area (Å²) in [6.07, 6.45) is 4.49. The van der Waals surface area contributed by atoms with Crippen LogP contribution in [-0.2, 0) is 4.79 Å². The minimum Gasteiger partial charge on any atom is -0.300 e. The Labute approximate surface area is 71.7 Å². The number of ketones is 1. The third-order valence-electron chi connectivity index (χ3n) is 0.527. The van der Waals surface area contributed by atoms with Crippen molar-refractivity contribution < 1.29 is 9.72 Å². The van der Waals surface area contributed by atoms with E-state index >= 15 is 0 Å². The van der Waals surface area contributed by atoms with E-state index in [9.17, 15) is 14.9 Å². The molecule has 0 amide bonds. The number of nitrogens with zero attached hydrogens (tertiary/aromatic N) is 1.